The van der Waals surface area contributed by atoms with Gasteiger partial charge in [-0.1, -0.05) is 26.0 Å². The summed E-state index contributed by atoms with van der Waals surface area (Å²) < 4.78 is 0. The van der Waals surface area contributed by atoms with Gasteiger partial charge in [-0.25, -0.2) is 9.97 Å². The Balaban J connectivity index is 3.34. The SMILES string of the molecule is C/C=C\c1c(C=NC)ncnc1C(C)C. The van der Waals surface area contributed by atoms with Crippen LogP contribution >= 0.6 is 0 Å². The molecule has 0 unspecified atom stereocenters. The Morgan fingerprint density at radius 3 is 2.60 bits per heavy atom. The molecule has 3 heteroatoms. The Labute approximate surface area is 91.0 Å². The highest BCUT2D eigenvalue weighted by Gasteiger charge is 2.09. The summed E-state index contributed by atoms with van der Waals surface area (Å²) >= 11 is 0. The number of hydrogen-bond acceptors (Lipinski definition) is 3. The predicted molar refractivity (Wildman–Crippen MR) is 64.3 cm³/mol. The molecule has 80 valence electrons. The molecule has 0 saturated carbocycles. The van der Waals surface area contributed by atoms with Gasteiger partial charge in [0.15, 0.2) is 0 Å². The highest BCUT2D eigenvalue weighted by molar-refractivity contribution is 5.83. The van der Waals surface area contributed by atoms with Crippen LogP contribution in [0.1, 0.15) is 43.6 Å². The third-order valence-corrected chi connectivity index (χ3v) is 2.08. The second kappa shape index (κ2) is 5.39. The number of allylic oxidation sites excluding steroid dienone is 1. The van der Waals surface area contributed by atoms with Gasteiger partial charge in [0.05, 0.1) is 11.4 Å². The molecule has 0 aromatic carbocycles. The zero-order chi connectivity index (χ0) is 11.3. The highest BCUT2D eigenvalue weighted by Crippen LogP contribution is 2.19. The van der Waals surface area contributed by atoms with E-state index < -0.39 is 0 Å². The van der Waals surface area contributed by atoms with E-state index in [2.05, 4.69) is 28.8 Å². The van der Waals surface area contributed by atoms with Crippen LogP contribution in [-0.2, 0) is 0 Å². The fraction of sp³-hybridized carbons (Fsp3) is 0.417. The van der Waals surface area contributed by atoms with Crippen molar-refractivity contribution in [2.45, 2.75) is 26.7 Å². The highest BCUT2D eigenvalue weighted by atomic mass is 14.9. The molecule has 3 nitrogen and oxygen atoms in total. The minimum absolute atomic E-state index is 0.392. The van der Waals surface area contributed by atoms with Gasteiger partial charge in [-0.05, 0) is 12.8 Å². The van der Waals surface area contributed by atoms with Gasteiger partial charge in [0.1, 0.15) is 6.33 Å². The van der Waals surface area contributed by atoms with E-state index in [0.717, 1.165) is 17.0 Å². The standard InChI is InChI=1S/C12H17N3/c1-5-6-10-11(7-13-4)14-8-15-12(10)9(2)3/h5-9H,1-4H3/b6-5-,13-7?. The third kappa shape index (κ3) is 2.72. The van der Waals surface area contributed by atoms with E-state index in [4.69, 9.17) is 0 Å². The second-order valence-electron chi connectivity index (χ2n) is 3.60. The number of aromatic nitrogens is 2. The lowest BCUT2D eigenvalue weighted by molar-refractivity contribution is 0.809. The first-order chi connectivity index (χ1) is 7.20. The molecule has 1 rings (SSSR count). The molecule has 1 aromatic rings. The minimum atomic E-state index is 0.392. The van der Waals surface area contributed by atoms with E-state index in [1.807, 2.05) is 19.1 Å². The summed E-state index contributed by atoms with van der Waals surface area (Å²) in [6.45, 7) is 6.24. The molecule has 0 spiro atoms. The van der Waals surface area contributed by atoms with Crippen LogP contribution < -0.4 is 0 Å². The molecule has 0 fully saturated rings. The number of rotatable bonds is 3. The van der Waals surface area contributed by atoms with Gasteiger partial charge in [-0.15, -0.1) is 0 Å². The summed E-state index contributed by atoms with van der Waals surface area (Å²) in [7, 11) is 1.75. The van der Waals surface area contributed by atoms with Crippen molar-refractivity contribution in [1.29, 1.82) is 0 Å². The second-order valence-corrected chi connectivity index (χ2v) is 3.60. The molecule has 0 aliphatic carbocycles. The van der Waals surface area contributed by atoms with Crippen LogP contribution in [0.3, 0.4) is 0 Å². The molecule has 1 heterocycles. The molecule has 0 radical (unpaired) electrons. The van der Waals surface area contributed by atoms with Crippen LogP contribution in [0.5, 0.6) is 0 Å². The maximum Gasteiger partial charge on any atom is 0.116 e. The van der Waals surface area contributed by atoms with Crippen molar-refractivity contribution in [3.8, 4) is 0 Å². The Morgan fingerprint density at radius 1 is 1.33 bits per heavy atom. The predicted octanol–water partition coefficient (Wildman–Crippen LogP) is 2.68. The minimum Gasteiger partial charge on any atom is -0.294 e. The smallest absolute Gasteiger partial charge is 0.116 e. The summed E-state index contributed by atoms with van der Waals surface area (Å²) in [5.74, 6) is 0.392. The lowest BCUT2D eigenvalue weighted by Gasteiger charge is -2.09. The average Bonchev–Trinajstić information content (AvgIpc) is 2.21. The van der Waals surface area contributed by atoms with Crippen LogP contribution in [0.2, 0.25) is 0 Å². The molecule has 0 atom stereocenters. The number of aliphatic imine (C=N–C) groups is 1. The molecular weight excluding hydrogens is 186 g/mol. The van der Waals surface area contributed by atoms with Gasteiger partial charge in [0.2, 0.25) is 0 Å². The fourth-order valence-corrected chi connectivity index (χ4v) is 1.45. The lowest BCUT2D eigenvalue weighted by atomic mass is 10.0. The van der Waals surface area contributed by atoms with Crippen molar-refractivity contribution in [2.24, 2.45) is 4.99 Å². The Kier molecular flexibility index (Phi) is 4.16. The van der Waals surface area contributed by atoms with Crippen molar-refractivity contribution in [1.82, 2.24) is 9.97 Å². The summed E-state index contributed by atoms with van der Waals surface area (Å²) in [6.07, 6.45) is 7.40. The van der Waals surface area contributed by atoms with E-state index in [0.29, 0.717) is 5.92 Å². The summed E-state index contributed by atoms with van der Waals surface area (Å²) in [4.78, 5) is 12.5. The summed E-state index contributed by atoms with van der Waals surface area (Å²) in [6, 6.07) is 0. The maximum absolute atomic E-state index is 4.32. The van der Waals surface area contributed by atoms with E-state index in [1.165, 1.54) is 0 Å². The van der Waals surface area contributed by atoms with Crippen molar-refractivity contribution >= 4 is 12.3 Å². The Hall–Kier alpha value is -1.51. The molecular formula is C12H17N3. The fourth-order valence-electron chi connectivity index (χ4n) is 1.45. The first kappa shape index (κ1) is 11.6. The van der Waals surface area contributed by atoms with Gasteiger partial charge in [0.25, 0.3) is 0 Å². The van der Waals surface area contributed by atoms with Crippen LogP contribution in [0.4, 0.5) is 0 Å². The molecule has 0 saturated heterocycles. The van der Waals surface area contributed by atoms with Crippen molar-refractivity contribution in [2.75, 3.05) is 7.05 Å². The summed E-state index contributed by atoms with van der Waals surface area (Å²) in [5, 5.41) is 0. The molecule has 0 bridgehead atoms. The van der Waals surface area contributed by atoms with Gasteiger partial charge < -0.3 is 0 Å². The molecule has 0 aliphatic heterocycles. The molecule has 0 amide bonds. The van der Waals surface area contributed by atoms with E-state index >= 15 is 0 Å². The zero-order valence-electron chi connectivity index (χ0n) is 9.73. The Bertz CT molecular complexity index is 378. The quantitative estimate of drug-likeness (QED) is 0.708. The zero-order valence-corrected chi connectivity index (χ0v) is 9.73. The van der Waals surface area contributed by atoms with Crippen molar-refractivity contribution in [3.05, 3.63) is 29.4 Å². The monoisotopic (exact) mass is 203 g/mol. The number of hydrogen-bond donors (Lipinski definition) is 0. The lowest BCUT2D eigenvalue weighted by Crippen LogP contribution is -2.03. The van der Waals surface area contributed by atoms with Crippen molar-refractivity contribution < 1.29 is 0 Å². The van der Waals surface area contributed by atoms with E-state index in [9.17, 15) is 0 Å². The Morgan fingerprint density at radius 2 is 2.07 bits per heavy atom. The van der Waals surface area contributed by atoms with E-state index in [1.54, 1.807) is 19.6 Å². The van der Waals surface area contributed by atoms with Crippen molar-refractivity contribution in [3.63, 3.8) is 0 Å². The van der Waals surface area contributed by atoms with Gasteiger partial charge in [0, 0.05) is 18.8 Å². The normalized spacial score (nSPS) is 12.1. The van der Waals surface area contributed by atoms with Crippen LogP contribution in [0.15, 0.2) is 17.4 Å². The molecule has 1 aromatic heterocycles. The molecule has 0 aliphatic rings. The van der Waals surface area contributed by atoms with Gasteiger partial charge in [-0.2, -0.15) is 0 Å². The molecule has 15 heavy (non-hydrogen) atoms. The summed E-state index contributed by atoms with van der Waals surface area (Å²) in [5.41, 5.74) is 3.02. The van der Waals surface area contributed by atoms with Gasteiger partial charge >= 0.3 is 0 Å². The largest absolute Gasteiger partial charge is 0.294 e. The number of nitrogens with zero attached hydrogens (tertiary/aromatic N) is 3. The molecule has 0 N–H and O–H groups in total. The van der Waals surface area contributed by atoms with Gasteiger partial charge in [-0.3, -0.25) is 4.99 Å². The van der Waals surface area contributed by atoms with E-state index in [-0.39, 0.29) is 0 Å². The maximum atomic E-state index is 4.32. The van der Waals surface area contributed by atoms with Crippen LogP contribution in [0.25, 0.3) is 6.08 Å². The average molecular weight is 203 g/mol. The first-order valence-electron chi connectivity index (χ1n) is 5.10. The third-order valence-electron chi connectivity index (χ3n) is 2.08. The first-order valence-corrected chi connectivity index (χ1v) is 5.10. The van der Waals surface area contributed by atoms with Crippen LogP contribution in [0, 0.1) is 0 Å². The topological polar surface area (TPSA) is 38.1 Å². The van der Waals surface area contributed by atoms with Crippen LogP contribution in [-0.4, -0.2) is 23.2 Å².